The van der Waals surface area contributed by atoms with Crippen LogP contribution in [0, 0.1) is 20.8 Å². The molecule has 0 saturated heterocycles. The molecule has 28 heavy (non-hydrogen) atoms. The number of nitrogens with zero attached hydrogens (tertiary/aromatic N) is 3. The molecule has 146 valence electrons. The number of H-pyrrole nitrogens is 1. The van der Waals surface area contributed by atoms with Crippen LogP contribution in [0.5, 0.6) is 11.5 Å². The third kappa shape index (κ3) is 3.73. The molecular formula is C19H21N5O4. The Hall–Kier alpha value is -3.62. The third-order valence-corrected chi connectivity index (χ3v) is 4.27. The minimum absolute atomic E-state index is 0.222. The van der Waals surface area contributed by atoms with Gasteiger partial charge in [-0.15, -0.1) is 0 Å². The summed E-state index contributed by atoms with van der Waals surface area (Å²) < 4.78 is 11.8. The number of hydrogen-bond donors (Lipinski definition) is 2. The summed E-state index contributed by atoms with van der Waals surface area (Å²) in [6, 6.07) is 6.56. The maximum absolute atomic E-state index is 12.8. The molecule has 0 aliphatic heterocycles. The molecule has 0 atom stereocenters. The molecule has 1 amide bonds. The Morgan fingerprint density at radius 1 is 1.07 bits per heavy atom. The van der Waals surface area contributed by atoms with Gasteiger partial charge in [-0.2, -0.15) is 9.78 Å². The second-order valence-electron chi connectivity index (χ2n) is 6.24. The van der Waals surface area contributed by atoms with Gasteiger partial charge in [0.2, 0.25) is 5.95 Å². The normalized spacial score (nSPS) is 10.6. The van der Waals surface area contributed by atoms with Crippen LogP contribution in [0.4, 0.5) is 5.82 Å². The molecule has 2 N–H and O–H groups in total. The second kappa shape index (κ2) is 7.55. The molecule has 0 radical (unpaired) electrons. The number of methoxy groups -OCH3 is 2. The number of aryl methyl sites for hydroxylation is 2. The molecule has 0 bridgehead atoms. The molecule has 0 unspecified atom stereocenters. The first-order valence-corrected chi connectivity index (χ1v) is 8.51. The first-order valence-electron chi connectivity index (χ1n) is 8.51. The number of anilines is 1. The molecule has 0 fully saturated rings. The van der Waals surface area contributed by atoms with Crippen molar-refractivity contribution in [3.8, 4) is 17.4 Å². The van der Waals surface area contributed by atoms with Gasteiger partial charge in [-0.1, -0.05) is 0 Å². The summed E-state index contributed by atoms with van der Waals surface area (Å²) in [5, 5.41) is 7.12. The van der Waals surface area contributed by atoms with Gasteiger partial charge in [0.05, 0.1) is 19.9 Å². The first kappa shape index (κ1) is 19.2. The first-order chi connectivity index (χ1) is 13.3. The van der Waals surface area contributed by atoms with Crippen molar-refractivity contribution in [3.63, 3.8) is 0 Å². The lowest BCUT2D eigenvalue weighted by atomic mass is 10.2. The van der Waals surface area contributed by atoms with Crippen molar-refractivity contribution in [2.24, 2.45) is 0 Å². The Bertz CT molecular complexity index is 1080. The monoisotopic (exact) mass is 383 g/mol. The minimum Gasteiger partial charge on any atom is -0.497 e. The van der Waals surface area contributed by atoms with E-state index in [-0.39, 0.29) is 17.4 Å². The molecule has 0 aliphatic rings. The topological polar surface area (TPSA) is 111 Å². The summed E-state index contributed by atoms with van der Waals surface area (Å²) in [6.07, 6.45) is 0. The number of nitrogens with one attached hydrogen (secondary N) is 2. The quantitative estimate of drug-likeness (QED) is 0.698. The Labute approximate surface area is 161 Å². The number of benzene rings is 1. The zero-order chi connectivity index (χ0) is 20.4. The summed E-state index contributed by atoms with van der Waals surface area (Å²) >= 11 is 0. The van der Waals surface area contributed by atoms with Gasteiger partial charge in [-0.05, 0) is 32.9 Å². The minimum atomic E-state index is -0.385. The number of carbonyl (C=O) groups is 1. The van der Waals surface area contributed by atoms with E-state index >= 15 is 0 Å². The molecule has 0 spiro atoms. The van der Waals surface area contributed by atoms with Crippen LogP contribution >= 0.6 is 0 Å². The standard InChI is InChI=1S/C19H21N5O4/c1-10-6-16(24(23-10)19-20-12(3)11(2)17(25)22-19)21-18(26)13-7-14(27-4)9-15(8-13)28-5/h6-9H,1-5H3,(H,21,26)(H,20,22,25). The predicted octanol–water partition coefficient (Wildman–Crippen LogP) is 2.15. The van der Waals surface area contributed by atoms with Crippen LogP contribution in [-0.4, -0.2) is 39.9 Å². The van der Waals surface area contributed by atoms with Crippen molar-refractivity contribution < 1.29 is 14.3 Å². The lowest BCUT2D eigenvalue weighted by Crippen LogP contribution is -2.20. The zero-order valence-electron chi connectivity index (χ0n) is 16.3. The average molecular weight is 383 g/mol. The van der Waals surface area contributed by atoms with Crippen LogP contribution < -0.4 is 20.3 Å². The van der Waals surface area contributed by atoms with Gasteiger partial charge >= 0.3 is 0 Å². The fourth-order valence-corrected chi connectivity index (χ4v) is 2.61. The molecule has 2 aromatic heterocycles. The molecule has 1 aromatic carbocycles. The summed E-state index contributed by atoms with van der Waals surface area (Å²) in [7, 11) is 3.02. The fraction of sp³-hybridized carbons (Fsp3) is 0.263. The number of aromatic nitrogens is 4. The maximum atomic E-state index is 12.8. The van der Waals surface area contributed by atoms with Crippen LogP contribution in [0.25, 0.3) is 5.95 Å². The number of rotatable bonds is 5. The summed E-state index contributed by atoms with van der Waals surface area (Å²) in [6.45, 7) is 5.21. The van der Waals surface area contributed by atoms with E-state index in [0.29, 0.717) is 39.8 Å². The molecule has 9 heteroatoms. The van der Waals surface area contributed by atoms with Crippen molar-refractivity contribution >= 4 is 11.7 Å². The Kier molecular flexibility index (Phi) is 5.16. The smallest absolute Gasteiger partial charge is 0.257 e. The van der Waals surface area contributed by atoms with E-state index in [1.54, 1.807) is 45.0 Å². The van der Waals surface area contributed by atoms with Crippen LogP contribution in [0.2, 0.25) is 0 Å². The largest absolute Gasteiger partial charge is 0.497 e. The number of amides is 1. The van der Waals surface area contributed by atoms with E-state index in [1.165, 1.54) is 18.9 Å². The third-order valence-electron chi connectivity index (χ3n) is 4.27. The predicted molar refractivity (Wildman–Crippen MR) is 104 cm³/mol. The number of hydrogen-bond acceptors (Lipinski definition) is 6. The average Bonchev–Trinajstić information content (AvgIpc) is 3.05. The van der Waals surface area contributed by atoms with E-state index in [4.69, 9.17) is 9.47 Å². The van der Waals surface area contributed by atoms with Crippen molar-refractivity contribution in [1.82, 2.24) is 19.7 Å². The molecule has 2 heterocycles. The van der Waals surface area contributed by atoms with E-state index in [1.807, 2.05) is 0 Å². The summed E-state index contributed by atoms with van der Waals surface area (Å²) in [4.78, 5) is 31.9. The molecule has 3 aromatic rings. The van der Waals surface area contributed by atoms with Gasteiger partial charge in [0.1, 0.15) is 17.3 Å². The fourth-order valence-electron chi connectivity index (χ4n) is 2.61. The number of aromatic amines is 1. The molecular weight excluding hydrogens is 362 g/mol. The van der Waals surface area contributed by atoms with Gasteiger partial charge in [0.15, 0.2) is 0 Å². The van der Waals surface area contributed by atoms with Crippen molar-refractivity contribution in [2.75, 3.05) is 19.5 Å². The maximum Gasteiger partial charge on any atom is 0.257 e. The molecule has 0 aliphatic carbocycles. The molecule has 3 rings (SSSR count). The number of carbonyl (C=O) groups excluding carboxylic acids is 1. The molecule has 9 nitrogen and oxygen atoms in total. The van der Waals surface area contributed by atoms with Crippen LogP contribution in [-0.2, 0) is 0 Å². The van der Waals surface area contributed by atoms with Crippen molar-refractivity contribution in [2.45, 2.75) is 20.8 Å². The van der Waals surface area contributed by atoms with Gasteiger partial charge in [0, 0.05) is 29.0 Å². The highest BCUT2D eigenvalue weighted by Gasteiger charge is 2.16. The van der Waals surface area contributed by atoms with Crippen molar-refractivity contribution in [1.29, 1.82) is 0 Å². The SMILES string of the molecule is COc1cc(OC)cc(C(=O)Nc2cc(C)nn2-c2nc(C)c(C)c(=O)[nH]2)c1. The highest BCUT2D eigenvalue weighted by atomic mass is 16.5. The van der Waals surface area contributed by atoms with Gasteiger partial charge in [-0.25, -0.2) is 4.98 Å². The summed E-state index contributed by atoms with van der Waals surface area (Å²) in [5.74, 6) is 1.20. The van der Waals surface area contributed by atoms with Crippen LogP contribution in [0.15, 0.2) is 29.1 Å². The van der Waals surface area contributed by atoms with E-state index in [2.05, 4.69) is 20.4 Å². The number of ether oxygens (including phenoxy) is 2. The highest BCUT2D eigenvalue weighted by Crippen LogP contribution is 2.23. The molecule has 0 saturated carbocycles. The highest BCUT2D eigenvalue weighted by molar-refractivity contribution is 6.04. The van der Waals surface area contributed by atoms with E-state index in [9.17, 15) is 9.59 Å². The van der Waals surface area contributed by atoms with E-state index < -0.39 is 0 Å². The Morgan fingerprint density at radius 2 is 1.71 bits per heavy atom. The van der Waals surface area contributed by atoms with Gasteiger partial charge < -0.3 is 14.8 Å². The van der Waals surface area contributed by atoms with Crippen LogP contribution in [0.1, 0.15) is 27.3 Å². The van der Waals surface area contributed by atoms with Gasteiger partial charge in [0.25, 0.3) is 11.5 Å². The lowest BCUT2D eigenvalue weighted by molar-refractivity contribution is 0.102. The second-order valence-corrected chi connectivity index (χ2v) is 6.24. The van der Waals surface area contributed by atoms with Crippen molar-refractivity contribution in [3.05, 3.63) is 57.1 Å². The van der Waals surface area contributed by atoms with Gasteiger partial charge in [-0.3, -0.25) is 14.6 Å². The summed E-state index contributed by atoms with van der Waals surface area (Å²) in [5.41, 5.74) is 1.86. The lowest BCUT2D eigenvalue weighted by Gasteiger charge is -2.11. The Balaban J connectivity index is 1.98. The zero-order valence-corrected chi connectivity index (χ0v) is 16.3. The Morgan fingerprint density at radius 3 is 2.29 bits per heavy atom. The van der Waals surface area contributed by atoms with Crippen LogP contribution in [0.3, 0.4) is 0 Å². The van der Waals surface area contributed by atoms with E-state index in [0.717, 1.165) is 0 Å².